The topological polar surface area (TPSA) is 91.0 Å². The highest BCUT2D eigenvalue weighted by Crippen LogP contribution is 2.02. The molecule has 4 N–H and O–H groups in total. The fourth-order valence-corrected chi connectivity index (χ4v) is 1.52. The molecule has 18 heavy (non-hydrogen) atoms. The zero-order valence-electron chi connectivity index (χ0n) is 11.8. The van der Waals surface area contributed by atoms with Crippen LogP contribution in [0, 0.1) is 5.92 Å². The summed E-state index contributed by atoms with van der Waals surface area (Å²) >= 11 is 0. The lowest BCUT2D eigenvalue weighted by Gasteiger charge is -2.21. The Hall–Kier alpha value is -1.30. The average Bonchev–Trinajstić information content (AvgIpc) is 2.34. The van der Waals surface area contributed by atoms with Gasteiger partial charge in [-0.15, -0.1) is 0 Å². The van der Waals surface area contributed by atoms with E-state index in [-0.39, 0.29) is 11.7 Å². The molecule has 0 spiro atoms. The van der Waals surface area contributed by atoms with Crippen LogP contribution in [-0.4, -0.2) is 48.0 Å². The molecule has 0 aromatic carbocycles. The maximum atomic E-state index is 11.8. The zero-order chi connectivity index (χ0) is 14.1. The van der Waals surface area contributed by atoms with Gasteiger partial charge in [-0.2, -0.15) is 0 Å². The Kier molecular flexibility index (Phi) is 8.11. The van der Waals surface area contributed by atoms with Crippen LogP contribution in [0.3, 0.4) is 0 Å². The van der Waals surface area contributed by atoms with Crippen LogP contribution >= 0.6 is 0 Å². The average molecular weight is 258 g/mol. The van der Waals surface area contributed by atoms with Crippen LogP contribution in [0.15, 0.2) is 5.16 Å². The molecule has 0 rings (SSSR count). The number of hydrogen-bond donors (Lipinski definition) is 3. The summed E-state index contributed by atoms with van der Waals surface area (Å²) in [4.78, 5) is 14.0. The summed E-state index contributed by atoms with van der Waals surface area (Å²) in [6.45, 7) is 7.62. The molecule has 1 unspecified atom stereocenters. The van der Waals surface area contributed by atoms with E-state index in [0.29, 0.717) is 19.0 Å². The predicted octanol–water partition coefficient (Wildman–Crippen LogP) is 0.606. The van der Waals surface area contributed by atoms with Crippen LogP contribution in [-0.2, 0) is 4.79 Å². The molecule has 0 aromatic heterocycles. The van der Waals surface area contributed by atoms with Gasteiger partial charge in [0, 0.05) is 12.6 Å². The van der Waals surface area contributed by atoms with E-state index in [1.54, 1.807) is 0 Å². The molecule has 6 nitrogen and oxygen atoms in total. The van der Waals surface area contributed by atoms with Crippen molar-refractivity contribution >= 4 is 11.7 Å². The zero-order valence-corrected chi connectivity index (χ0v) is 11.8. The number of amidine groups is 1. The van der Waals surface area contributed by atoms with Crippen molar-refractivity contribution in [1.82, 2.24) is 10.2 Å². The molecule has 0 fully saturated rings. The Bertz CT molecular complexity index is 279. The van der Waals surface area contributed by atoms with E-state index in [2.05, 4.69) is 36.3 Å². The van der Waals surface area contributed by atoms with Crippen LogP contribution < -0.4 is 11.1 Å². The molecule has 0 heterocycles. The fraction of sp³-hybridized carbons (Fsp3) is 0.833. The third-order valence-electron chi connectivity index (χ3n) is 3.07. The monoisotopic (exact) mass is 258 g/mol. The maximum absolute atomic E-state index is 11.8. The lowest BCUT2D eigenvalue weighted by molar-refractivity contribution is -0.123. The van der Waals surface area contributed by atoms with Gasteiger partial charge >= 0.3 is 0 Å². The number of oxime groups is 1. The van der Waals surface area contributed by atoms with Crippen molar-refractivity contribution in [3.63, 3.8) is 0 Å². The van der Waals surface area contributed by atoms with Gasteiger partial charge in [0.1, 0.15) is 0 Å². The Morgan fingerprint density at radius 1 is 1.50 bits per heavy atom. The molecule has 106 valence electrons. The number of carbonyl (C=O) groups excluding carboxylic acids is 1. The molecule has 0 bridgehead atoms. The van der Waals surface area contributed by atoms with Crippen molar-refractivity contribution in [3.8, 4) is 0 Å². The first-order chi connectivity index (χ1) is 8.43. The van der Waals surface area contributed by atoms with Crippen LogP contribution in [0.25, 0.3) is 0 Å². The lowest BCUT2D eigenvalue weighted by Crippen LogP contribution is -2.39. The van der Waals surface area contributed by atoms with Gasteiger partial charge in [-0.25, -0.2) is 0 Å². The minimum Gasteiger partial charge on any atom is -0.409 e. The molecule has 0 saturated carbocycles. The van der Waals surface area contributed by atoms with Crippen LogP contribution in [0.4, 0.5) is 0 Å². The first-order valence-corrected chi connectivity index (χ1v) is 6.39. The largest absolute Gasteiger partial charge is 0.409 e. The highest BCUT2D eigenvalue weighted by Gasteiger charge is 2.20. The normalized spacial score (nSPS) is 14.0. The van der Waals surface area contributed by atoms with Gasteiger partial charge < -0.3 is 21.2 Å². The molecule has 0 saturated heterocycles. The van der Waals surface area contributed by atoms with E-state index in [1.165, 1.54) is 0 Å². The lowest BCUT2D eigenvalue weighted by atomic mass is 10.0. The number of rotatable bonds is 8. The van der Waals surface area contributed by atoms with Gasteiger partial charge in [0.15, 0.2) is 5.84 Å². The molecule has 0 aromatic rings. The Balaban J connectivity index is 3.96. The van der Waals surface area contributed by atoms with Crippen molar-refractivity contribution in [2.75, 3.05) is 20.1 Å². The molecular weight excluding hydrogens is 232 g/mol. The number of nitrogens with zero attached hydrogens (tertiary/aromatic N) is 2. The second-order valence-corrected chi connectivity index (χ2v) is 4.70. The van der Waals surface area contributed by atoms with E-state index in [0.717, 1.165) is 13.0 Å². The Labute approximate surface area is 109 Å². The summed E-state index contributed by atoms with van der Waals surface area (Å²) in [5, 5.41) is 14.3. The number of nitrogens with one attached hydrogen (secondary N) is 1. The molecule has 0 radical (unpaired) electrons. The summed E-state index contributed by atoms with van der Waals surface area (Å²) in [7, 11) is 2.05. The van der Waals surface area contributed by atoms with E-state index in [9.17, 15) is 4.79 Å². The van der Waals surface area contributed by atoms with E-state index in [1.807, 2.05) is 6.92 Å². The quantitative estimate of drug-likeness (QED) is 0.195. The predicted molar refractivity (Wildman–Crippen MR) is 72.6 cm³/mol. The highest BCUT2D eigenvalue weighted by atomic mass is 16.4. The SMILES string of the molecule is CCC(C(=O)NCCCN(C)C(C)C)C(N)=NO. The van der Waals surface area contributed by atoms with E-state index >= 15 is 0 Å². The van der Waals surface area contributed by atoms with Crippen molar-refractivity contribution in [2.45, 2.75) is 39.7 Å². The standard InChI is InChI=1S/C12H26N4O2/c1-5-10(11(13)15-18)12(17)14-7-6-8-16(4)9(2)3/h9-10,18H,5-8H2,1-4H3,(H2,13,15)(H,14,17). The van der Waals surface area contributed by atoms with Crippen molar-refractivity contribution < 1.29 is 10.0 Å². The number of nitrogens with two attached hydrogens (primary N) is 1. The molecule has 1 atom stereocenters. The summed E-state index contributed by atoms with van der Waals surface area (Å²) in [6, 6.07) is 0.501. The third-order valence-corrected chi connectivity index (χ3v) is 3.07. The second kappa shape index (κ2) is 8.74. The van der Waals surface area contributed by atoms with Crippen molar-refractivity contribution in [2.24, 2.45) is 16.8 Å². The second-order valence-electron chi connectivity index (χ2n) is 4.70. The van der Waals surface area contributed by atoms with Crippen LogP contribution in [0.2, 0.25) is 0 Å². The van der Waals surface area contributed by atoms with E-state index < -0.39 is 5.92 Å². The van der Waals surface area contributed by atoms with Gasteiger partial charge in [0.05, 0.1) is 5.92 Å². The van der Waals surface area contributed by atoms with Crippen LogP contribution in [0.1, 0.15) is 33.6 Å². The van der Waals surface area contributed by atoms with Crippen LogP contribution in [0.5, 0.6) is 0 Å². The fourth-order valence-electron chi connectivity index (χ4n) is 1.52. The van der Waals surface area contributed by atoms with Crippen molar-refractivity contribution in [1.29, 1.82) is 0 Å². The first kappa shape index (κ1) is 16.7. The van der Waals surface area contributed by atoms with Gasteiger partial charge in [-0.3, -0.25) is 4.79 Å². The highest BCUT2D eigenvalue weighted by molar-refractivity contribution is 6.01. The first-order valence-electron chi connectivity index (χ1n) is 6.39. The number of amides is 1. The molecule has 0 aliphatic rings. The Morgan fingerprint density at radius 3 is 2.56 bits per heavy atom. The summed E-state index contributed by atoms with van der Waals surface area (Å²) in [5.41, 5.74) is 5.45. The third kappa shape index (κ3) is 5.86. The summed E-state index contributed by atoms with van der Waals surface area (Å²) < 4.78 is 0. The van der Waals surface area contributed by atoms with E-state index in [4.69, 9.17) is 10.9 Å². The molecule has 0 aliphatic carbocycles. The molecule has 6 heteroatoms. The van der Waals surface area contributed by atoms with Crippen molar-refractivity contribution in [3.05, 3.63) is 0 Å². The molecule has 1 amide bonds. The maximum Gasteiger partial charge on any atom is 0.230 e. The van der Waals surface area contributed by atoms with Gasteiger partial charge in [-0.05, 0) is 40.3 Å². The smallest absolute Gasteiger partial charge is 0.230 e. The minimum absolute atomic E-state index is 0.0331. The summed E-state index contributed by atoms with van der Waals surface area (Å²) in [6.07, 6.45) is 1.40. The van der Waals surface area contributed by atoms with Gasteiger partial charge in [-0.1, -0.05) is 12.1 Å². The molecular formula is C12H26N4O2. The molecule has 0 aliphatic heterocycles. The Morgan fingerprint density at radius 2 is 2.11 bits per heavy atom. The van der Waals surface area contributed by atoms with Gasteiger partial charge in [0.25, 0.3) is 0 Å². The number of hydrogen-bond acceptors (Lipinski definition) is 4. The summed E-state index contributed by atoms with van der Waals surface area (Å²) in [5.74, 6) is -0.757. The minimum atomic E-state index is -0.544. The number of carbonyl (C=O) groups is 1. The van der Waals surface area contributed by atoms with Gasteiger partial charge in [0.2, 0.25) is 5.91 Å².